The second-order valence-electron chi connectivity index (χ2n) is 6.05. The molecule has 0 radical (unpaired) electrons. The van der Waals surface area contributed by atoms with Gasteiger partial charge in [-0.2, -0.15) is 0 Å². The maximum absolute atomic E-state index is 12.2. The summed E-state index contributed by atoms with van der Waals surface area (Å²) in [6.45, 7) is 6.01. The van der Waals surface area contributed by atoms with E-state index in [2.05, 4.69) is 12.2 Å². The van der Waals surface area contributed by atoms with Crippen LogP contribution in [0, 0.1) is 0 Å². The Bertz CT molecular complexity index is 306. The minimum atomic E-state index is 0.0978. The molecule has 2 amide bonds. The molecule has 1 N–H and O–H groups in total. The minimum absolute atomic E-state index is 0.0978. The van der Waals surface area contributed by atoms with E-state index in [1.54, 1.807) is 0 Å². The van der Waals surface area contributed by atoms with Crippen LogP contribution in [0.15, 0.2) is 0 Å². The van der Waals surface area contributed by atoms with E-state index in [0.717, 1.165) is 51.7 Å². The second kappa shape index (κ2) is 9.26. The quantitative estimate of drug-likeness (QED) is 0.735. The van der Waals surface area contributed by atoms with Crippen molar-refractivity contribution in [1.29, 1.82) is 0 Å². The number of amides is 2. The van der Waals surface area contributed by atoms with Gasteiger partial charge in [-0.3, -0.25) is 0 Å². The number of nitrogens with one attached hydrogen (secondary N) is 1. The number of rotatable bonds is 7. The summed E-state index contributed by atoms with van der Waals surface area (Å²) in [4.78, 5) is 14.2. The Kier molecular flexibility index (Phi) is 7.30. The fourth-order valence-corrected chi connectivity index (χ4v) is 3.15. The SMILES string of the molecule is CCC1CCCCN1C(=O)NCCCOCC1CCCO1. The van der Waals surface area contributed by atoms with Crippen molar-refractivity contribution >= 4 is 6.03 Å². The first-order valence-electron chi connectivity index (χ1n) is 8.55. The molecule has 2 aliphatic heterocycles. The molecule has 0 aliphatic carbocycles. The first-order chi connectivity index (χ1) is 10.3. The van der Waals surface area contributed by atoms with Gasteiger partial charge >= 0.3 is 6.03 Å². The molecule has 0 aromatic rings. The zero-order valence-corrected chi connectivity index (χ0v) is 13.3. The highest BCUT2D eigenvalue weighted by molar-refractivity contribution is 5.74. The Labute approximate surface area is 128 Å². The topological polar surface area (TPSA) is 50.8 Å². The molecule has 0 aromatic carbocycles. The van der Waals surface area contributed by atoms with Gasteiger partial charge in [-0.25, -0.2) is 4.79 Å². The Morgan fingerprint density at radius 2 is 2.24 bits per heavy atom. The third kappa shape index (κ3) is 5.47. The molecule has 2 atom stereocenters. The lowest BCUT2D eigenvalue weighted by molar-refractivity contribution is 0.0167. The fraction of sp³-hybridized carbons (Fsp3) is 0.938. The molecule has 2 aliphatic rings. The van der Waals surface area contributed by atoms with Crippen molar-refractivity contribution in [2.45, 2.75) is 64.0 Å². The Morgan fingerprint density at radius 3 is 3.00 bits per heavy atom. The summed E-state index contributed by atoms with van der Waals surface area (Å²) >= 11 is 0. The zero-order valence-electron chi connectivity index (χ0n) is 13.3. The fourth-order valence-electron chi connectivity index (χ4n) is 3.15. The van der Waals surface area contributed by atoms with Crippen molar-refractivity contribution in [3.8, 4) is 0 Å². The molecule has 2 unspecified atom stereocenters. The van der Waals surface area contributed by atoms with Crippen LogP contribution in [0.2, 0.25) is 0 Å². The highest BCUT2D eigenvalue weighted by Crippen LogP contribution is 2.19. The summed E-state index contributed by atoms with van der Waals surface area (Å²) in [5.41, 5.74) is 0. The molecular formula is C16H30N2O3. The van der Waals surface area contributed by atoms with Gasteiger partial charge in [-0.15, -0.1) is 0 Å². The number of carbonyl (C=O) groups excluding carboxylic acids is 1. The summed E-state index contributed by atoms with van der Waals surface area (Å²) in [6, 6.07) is 0.523. The lowest BCUT2D eigenvalue weighted by atomic mass is 10.0. The molecule has 2 rings (SSSR count). The van der Waals surface area contributed by atoms with Crippen LogP contribution < -0.4 is 5.32 Å². The maximum Gasteiger partial charge on any atom is 0.317 e. The highest BCUT2D eigenvalue weighted by Gasteiger charge is 2.24. The first kappa shape index (κ1) is 16.6. The van der Waals surface area contributed by atoms with Crippen LogP contribution in [0.5, 0.6) is 0 Å². The van der Waals surface area contributed by atoms with Gasteiger partial charge in [-0.1, -0.05) is 6.92 Å². The number of ether oxygens (including phenoxy) is 2. The summed E-state index contributed by atoms with van der Waals surface area (Å²) in [7, 11) is 0. The molecule has 122 valence electrons. The van der Waals surface area contributed by atoms with Crippen LogP contribution in [0.4, 0.5) is 4.79 Å². The summed E-state index contributed by atoms with van der Waals surface area (Å²) < 4.78 is 11.1. The standard InChI is InChI=1S/C16H30N2O3/c1-2-14-7-3-4-10-18(14)16(19)17-9-6-11-20-13-15-8-5-12-21-15/h14-15H,2-13H2,1H3,(H,17,19). The van der Waals surface area contributed by atoms with E-state index in [1.807, 2.05) is 4.90 Å². The van der Waals surface area contributed by atoms with E-state index in [1.165, 1.54) is 6.42 Å². The van der Waals surface area contributed by atoms with Crippen molar-refractivity contribution in [2.24, 2.45) is 0 Å². The first-order valence-corrected chi connectivity index (χ1v) is 8.55. The average molecular weight is 298 g/mol. The highest BCUT2D eigenvalue weighted by atomic mass is 16.5. The molecule has 2 heterocycles. The third-order valence-electron chi connectivity index (χ3n) is 4.43. The van der Waals surface area contributed by atoms with Crippen LogP contribution in [0.1, 0.15) is 51.9 Å². The maximum atomic E-state index is 12.2. The molecule has 21 heavy (non-hydrogen) atoms. The molecule has 0 saturated carbocycles. The number of hydrogen-bond donors (Lipinski definition) is 1. The van der Waals surface area contributed by atoms with Gasteiger partial charge in [-0.05, 0) is 44.9 Å². The van der Waals surface area contributed by atoms with E-state index < -0.39 is 0 Å². The third-order valence-corrected chi connectivity index (χ3v) is 4.43. The Morgan fingerprint density at radius 1 is 1.33 bits per heavy atom. The average Bonchev–Trinajstić information content (AvgIpc) is 3.03. The molecule has 5 heteroatoms. The lowest BCUT2D eigenvalue weighted by Gasteiger charge is -2.35. The second-order valence-corrected chi connectivity index (χ2v) is 6.05. The summed E-state index contributed by atoms with van der Waals surface area (Å²) in [5, 5.41) is 3.02. The van der Waals surface area contributed by atoms with Crippen molar-refractivity contribution in [3.05, 3.63) is 0 Å². The molecule has 0 bridgehead atoms. The van der Waals surface area contributed by atoms with Gasteiger partial charge in [0.2, 0.25) is 0 Å². The number of carbonyl (C=O) groups is 1. The molecule has 2 fully saturated rings. The van der Waals surface area contributed by atoms with Crippen molar-refractivity contribution in [2.75, 3.05) is 32.9 Å². The molecule has 0 spiro atoms. The van der Waals surface area contributed by atoms with E-state index in [-0.39, 0.29) is 6.03 Å². The number of piperidine rings is 1. The molecule has 2 saturated heterocycles. The number of nitrogens with zero attached hydrogens (tertiary/aromatic N) is 1. The van der Waals surface area contributed by atoms with Gasteiger partial charge < -0.3 is 19.7 Å². The predicted molar refractivity (Wildman–Crippen MR) is 82.4 cm³/mol. The van der Waals surface area contributed by atoms with Gasteiger partial charge in [0.05, 0.1) is 12.7 Å². The Balaban J connectivity index is 1.52. The normalized spacial score (nSPS) is 26.0. The summed E-state index contributed by atoms with van der Waals surface area (Å²) in [6.07, 6.45) is 8.00. The number of likely N-dealkylation sites (tertiary alicyclic amines) is 1. The van der Waals surface area contributed by atoms with Gasteiger partial charge in [0.1, 0.15) is 0 Å². The van der Waals surface area contributed by atoms with Crippen LogP contribution in [0.25, 0.3) is 0 Å². The van der Waals surface area contributed by atoms with Gasteiger partial charge in [0.25, 0.3) is 0 Å². The predicted octanol–water partition coefficient (Wildman–Crippen LogP) is 2.55. The van der Waals surface area contributed by atoms with Crippen LogP contribution in [-0.4, -0.2) is 56.0 Å². The smallest absolute Gasteiger partial charge is 0.317 e. The molecule has 0 aromatic heterocycles. The molecular weight excluding hydrogens is 268 g/mol. The van der Waals surface area contributed by atoms with E-state index in [0.29, 0.717) is 31.9 Å². The minimum Gasteiger partial charge on any atom is -0.379 e. The van der Waals surface area contributed by atoms with Crippen LogP contribution >= 0.6 is 0 Å². The van der Waals surface area contributed by atoms with Crippen LogP contribution in [-0.2, 0) is 9.47 Å². The van der Waals surface area contributed by atoms with E-state index in [4.69, 9.17) is 9.47 Å². The molecule has 5 nitrogen and oxygen atoms in total. The van der Waals surface area contributed by atoms with E-state index >= 15 is 0 Å². The van der Waals surface area contributed by atoms with Crippen molar-refractivity contribution in [1.82, 2.24) is 10.2 Å². The largest absolute Gasteiger partial charge is 0.379 e. The van der Waals surface area contributed by atoms with Crippen molar-refractivity contribution < 1.29 is 14.3 Å². The van der Waals surface area contributed by atoms with Gasteiger partial charge in [0.15, 0.2) is 0 Å². The lowest BCUT2D eigenvalue weighted by Crippen LogP contribution is -2.48. The van der Waals surface area contributed by atoms with Crippen molar-refractivity contribution in [3.63, 3.8) is 0 Å². The van der Waals surface area contributed by atoms with Crippen LogP contribution in [0.3, 0.4) is 0 Å². The zero-order chi connectivity index (χ0) is 14.9. The van der Waals surface area contributed by atoms with Gasteiger partial charge in [0, 0.05) is 32.3 Å². The summed E-state index contributed by atoms with van der Waals surface area (Å²) in [5.74, 6) is 0. The number of hydrogen-bond acceptors (Lipinski definition) is 3. The number of urea groups is 1. The monoisotopic (exact) mass is 298 g/mol. The Hall–Kier alpha value is -0.810. The van der Waals surface area contributed by atoms with E-state index in [9.17, 15) is 4.79 Å².